The molecule has 3 aromatic rings. The van der Waals surface area contributed by atoms with E-state index in [2.05, 4.69) is 10.6 Å². The lowest BCUT2D eigenvalue weighted by atomic mass is 9.96. The summed E-state index contributed by atoms with van der Waals surface area (Å²) in [4.78, 5) is 25.5. The number of carbonyl (C=O) groups is 2. The summed E-state index contributed by atoms with van der Waals surface area (Å²) in [5.74, 6) is 0.983. The quantitative estimate of drug-likeness (QED) is 0.456. The Morgan fingerprint density at radius 1 is 0.970 bits per heavy atom. The Hall–Kier alpha value is -3.32. The molecule has 0 saturated heterocycles. The summed E-state index contributed by atoms with van der Waals surface area (Å²) in [6.45, 7) is 8.20. The Balaban J connectivity index is 1.61. The molecule has 33 heavy (non-hydrogen) atoms. The van der Waals surface area contributed by atoms with E-state index in [4.69, 9.17) is 9.47 Å². The molecule has 0 aliphatic carbocycles. The third kappa shape index (κ3) is 6.58. The van der Waals surface area contributed by atoms with Crippen molar-refractivity contribution in [1.29, 1.82) is 0 Å². The second-order valence-electron chi connectivity index (χ2n) is 8.77. The highest BCUT2D eigenvalue weighted by molar-refractivity contribution is 7.18. The third-order valence-electron chi connectivity index (χ3n) is 4.96. The first-order valence-electron chi connectivity index (χ1n) is 10.7. The topological polar surface area (TPSA) is 76.7 Å². The standard InChI is InChI=1S/C26H30N2O4S/c1-17-13-22(28-25(30)26(2,3)4)33-23(17)24(29)27-15-19-11-12-20(21(14-19)31-5)32-16-18-9-7-6-8-10-18/h6-14H,15-16H2,1-5H3,(H,27,29)(H,28,30). The number of carbonyl (C=O) groups excluding carboxylic acids is 2. The Morgan fingerprint density at radius 2 is 1.70 bits per heavy atom. The summed E-state index contributed by atoms with van der Waals surface area (Å²) >= 11 is 1.27. The van der Waals surface area contributed by atoms with E-state index in [0.29, 0.717) is 34.5 Å². The minimum absolute atomic E-state index is 0.0858. The number of benzene rings is 2. The van der Waals surface area contributed by atoms with Gasteiger partial charge in [0.1, 0.15) is 6.61 Å². The molecule has 2 N–H and O–H groups in total. The number of rotatable bonds is 8. The van der Waals surface area contributed by atoms with Crippen molar-refractivity contribution in [3.05, 3.63) is 76.2 Å². The summed E-state index contributed by atoms with van der Waals surface area (Å²) in [5.41, 5.74) is 2.28. The van der Waals surface area contributed by atoms with Gasteiger partial charge in [0.05, 0.1) is 17.0 Å². The van der Waals surface area contributed by atoms with Crippen molar-refractivity contribution >= 4 is 28.2 Å². The van der Waals surface area contributed by atoms with Crippen LogP contribution in [0.2, 0.25) is 0 Å². The molecule has 3 rings (SSSR count). The Morgan fingerprint density at radius 3 is 2.36 bits per heavy atom. The van der Waals surface area contributed by atoms with Crippen LogP contribution in [0.25, 0.3) is 0 Å². The van der Waals surface area contributed by atoms with E-state index in [9.17, 15) is 9.59 Å². The van der Waals surface area contributed by atoms with Gasteiger partial charge >= 0.3 is 0 Å². The van der Waals surface area contributed by atoms with Gasteiger partial charge in [-0.25, -0.2) is 0 Å². The number of hydrogen-bond acceptors (Lipinski definition) is 5. The number of anilines is 1. The van der Waals surface area contributed by atoms with Gasteiger partial charge in [0, 0.05) is 12.0 Å². The van der Waals surface area contributed by atoms with Crippen LogP contribution in [-0.4, -0.2) is 18.9 Å². The Kier molecular flexibility index (Phi) is 7.76. The van der Waals surface area contributed by atoms with E-state index in [1.165, 1.54) is 11.3 Å². The summed E-state index contributed by atoms with van der Waals surface area (Å²) in [6, 6.07) is 17.3. The van der Waals surface area contributed by atoms with Crippen molar-refractivity contribution in [2.45, 2.75) is 40.8 Å². The number of amides is 2. The molecule has 0 unspecified atom stereocenters. The Labute approximate surface area is 198 Å². The fraction of sp³-hybridized carbons (Fsp3) is 0.308. The predicted octanol–water partition coefficient (Wildman–Crippen LogP) is 5.56. The maximum atomic E-state index is 12.7. The second-order valence-corrected chi connectivity index (χ2v) is 9.82. The minimum Gasteiger partial charge on any atom is -0.493 e. The lowest BCUT2D eigenvalue weighted by Crippen LogP contribution is -2.27. The van der Waals surface area contributed by atoms with Gasteiger partial charge in [0.25, 0.3) is 5.91 Å². The average Bonchev–Trinajstić information content (AvgIpc) is 3.16. The van der Waals surface area contributed by atoms with Gasteiger partial charge in [-0.15, -0.1) is 11.3 Å². The van der Waals surface area contributed by atoms with Gasteiger partial charge in [-0.3, -0.25) is 9.59 Å². The van der Waals surface area contributed by atoms with Crippen LogP contribution in [0, 0.1) is 12.3 Å². The van der Waals surface area contributed by atoms with Gasteiger partial charge < -0.3 is 20.1 Å². The number of thiophene rings is 1. The molecule has 1 heterocycles. The monoisotopic (exact) mass is 466 g/mol. The fourth-order valence-electron chi connectivity index (χ4n) is 3.01. The normalized spacial score (nSPS) is 11.1. The van der Waals surface area contributed by atoms with Gasteiger partial charge in [0.2, 0.25) is 5.91 Å². The largest absolute Gasteiger partial charge is 0.493 e. The first-order valence-corrected chi connectivity index (χ1v) is 11.5. The van der Waals surface area contributed by atoms with Crippen molar-refractivity contribution in [1.82, 2.24) is 5.32 Å². The predicted molar refractivity (Wildman–Crippen MR) is 132 cm³/mol. The van der Waals surface area contributed by atoms with Crippen LogP contribution in [0.5, 0.6) is 11.5 Å². The van der Waals surface area contributed by atoms with Crippen LogP contribution in [0.15, 0.2) is 54.6 Å². The number of nitrogens with one attached hydrogen (secondary N) is 2. The van der Waals surface area contributed by atoms with Crippen LogP contribution < -0.4 is 20.1 Å². The minimum atomic E-state index is -0.504. The van der Waals surface area contributed by atoms with Crippen LogP contribution in [0.4, 0.5) is 5.00 Å². The van der Waals surface area contributed by atoms with E-state index < -0.39 is 5.41 Å². The molecule has 6 nitrogen and oxygen atoms in total. The molecule has 0 aliphatic heterocycles. The summed E-state index contributed by atoms with van der Waals surface area (Å²) < 4.78 is 11.4. The number of methoxy groups -OCH3 is 1. The van der Waals surface area contributed by atoms with Crippen LogP contribution in [0.1, 0.15) is 47.1 Å². The zero-order valence-electron chi connectivity index (χ0n) is 19.7. The molecule has 0 aliphatic rings. The molecule has 174 valence electrons. The molecule has 0 atom stereocenters. The number of ether oxygens (including phenoxy) is 2. The molecule has 0 radical (unpaired) electrons. The number of aryl methyl sites for hydroxylation is 1. The highest BCUT2D eigenvalue weighted by Crippen LogP contribution is 2.30. The van der Waals surface area contributed by atoms with E-state index in [-0.39, 0.29) is 11.8 Å². The van der Waals surface area contributed by atoms with E-state index >= 15 is 0 Å². The number of hydrogen-bond donors (Lipinski definition) is 2. The smallest absolute Gasteiger partial charge is 0.261 e. The van der Waals surface area contributed by atoms with Crippen molar-refractivity contribution in [2.24, 2.45) is 5.41 Å². The molecule has 2 aromatic carbocycles. The Bertz CT molecular complexity index is 1120. The molecular weight excluding hydrogens is 436 g/mol. The van der Waals surface area contributed by atoms with Crippen LogP contribution in [-0.2, 0) is 17.9 Å². The molecule has 1 aromatic heterocycles. The molecule has 0 bridgehead atoms. The molecule has 0 fully saturated rings. The lowest BCUT2D eigenvalue weighted by Gasteiger charge is -2.16. The van der Waals surface area contributed by atoms with Crippen molar-refractivity contribution < 1.29 is 19.1 Å². The third-order valence-corrected chi connectivity index (χ3v) is 6.11. The van der Waals surface area contributed by atoms with Gasteiger partial charge in [-0.2, -0.15) is 0 Å². The van der Waals surface area contributed by atoms with Crippen LogP contribution in [0.3, 0.4) is 0 Å². The van der Waals surface area contributed by atoms with Crippen molar-refractivity contribution in [2.75, 3.05) is 12.4 Å². The average molecular weight is 467 g/mol. The fourth-order valence-corrected chi connectivity index (χ4v) is 3.99. The molecular formula is C26H30N2O4S. The van der Waals surface area contributed by atoms with Gasteiger partial charge in [-0.1, -0.05) is 57.2 Å². The summed E-state index contributed by atoms with van der Waals surface area (Å²) in [5, 5.41) is 6.50. The first-order chi connectivity index (χ1) is 15.7. The highest BCUT2D eigenvalue weighted by atomic mass is 32.1. The van der Waals surface area contributed by atoms with E-state index in [1.807, 2.05) is 82.3 Å². The maximum Gasteiger partial charge on any atom is 0.261 e. The van der Waals surface area contributed by atoms with E-state index in [0.717, 1.165) is 16.7 Å². The SMILES string of the molecule is COc1cc(CNC(=O)c2sc(NC(=O)C(C)(C)C)cc2C)ccc1OCc1ccccc1. The lowest BCUT2D eigenvalue weighted by molar-refractivity contribution is -0.123. The highest BCUT2D eigenvalue weighted by Gasteiger charge is 2.23. The van der Waals surface area contributed by atoms with E-state index in [1.54, 1.807) is 7.11 Å². The maximum absolute atomic E-state index is 12.7. The van der Waals surface area contributed by atoms with Crippen molar-refractivity contribution in [3.63, 3.8) is 0 Å². The first kappa shape index (κ1) is 24.3. The molecule has 0 saturated carbocycles. The van der Waals surface area contributed by atoms with Gasteiger partial charge in [-0.05, 0) is 41.8 Å². The second kappa shape index (κ2) is 10.5. The van der Waals surface area contributed by atoms with Crippen molar-refractivity contribution in [3.8, 4) is 11.5 Å². The van der Waals surface area contributed by atoms with Crippen LogP contribution >= 0.6 is 11.3 Å². The van der Waals surface area contributed by atoms with Gasteiger partial charge in [0.15, 0.2) is 11.5 Å². The molecule has 2 amide bonds. The zero-order valence-corrected chi connectivity index (χ0v) is 20.5. The summed E-state index contributed by atoms with van der Waals surface area (Å²) in [6.07, 6.45) is 0. The molecule has 7 heteroatoms. The summed E-state index contributed by atoms with van der Waals surface area (Å²) in [7, 11) is 1.59. The molecule has 0 spiro atoms. The zero-order chi connectivity index (χ0) is 24.0.